The van der Waals surface area contributed by atoms with Crippen LogP contribution >= 0.6 is 0 Å². The molecule has 1 aromatic carbocycles. The normalized spacial score (nSPS) is 10.5. The van der Waals surface area contributed by atoms with E-state index in [9.17, 15) is 9.59 Å². The highest BCUT2D eigenvalue weighted by molar-refractivity contribution is 5.93. The third-order valence-corrected chi connectivity index (χ3v) is 3.88. The van der Waals surface area contributed by atoms with E-state index in [1.165, 1.54) is 0 Å². The third kappa shape index (κ3) is 3.84. The summed E-state index contributed by atoms with van der Waals surface area (Å²) in [5.74, 6) is 0.0213. The van der Waals surface area contributed by atoms with Crippen LogP contribution in [-0.2, 0) is 13.0 Å². The maximum Gasteiger partial charge on any atom is 0.250 e. The number of ketones is 1. The first kappa shape index (κ1) is 15.9. The van der Waals surface area contributed by atoms with Crippen LogP contribution in [0.15, 0.2) is 71.9 Å². The number of hydrogen-bond donors (Lipinski definition) is 0. The number of carbonyl (C=O) groups excluding carboxylic acids is 1. The van der Waals surface area contributed by atoms with Crippen molar-refractivity contribution in [2.24, 2.45) is 0 Å². The molecule has 3 rings (SSSR count). The molecule has 0 spiro atoms. The lowest BCUT2D eigenvalue weighted by molar-refractivity contribution is 0.101. The van der Waals surface area contributed by atoms with Crippen LogP contribution in [0, 0.1) is 0 Å². The van der Waals surface area contributed by atoms with Gasteiger partial charge in [0.25, 0.3) is 5.56 Å². The number of rotatable bonds is 5. The second-order valence-corrected chi connectivity index (χ2v) is 5.80. The molecule has 24 heavy (non-hydrogen) atoms. The van der Waals surface area contributed by atoms with Gasteiger partial charge in [0, 0.05) is 30.2 Å². The minimum absolute atomic E-state index is 0.00583. The Kier molecular flexibility index (Phi) is 4.66. The molecule has 0 N–H and O–H groups in total. The fourth-order valence-corrected chi connectivity index (χ4v) is 2.56. The van der Waals surface area contributed by atoms with E-state index in [1.54, 1.807) is 42.2 Å². The average Bonchev–Trinajstić information content (AvgIpc) is 2.59. The fraction of sp³-hybridized carbons (Fsp3) is 0.150. The van der Waals surface area contributed by atoms with Gasteiger partial charge in [-0.3, -0.25) is 14.6 Å². The lowest BCUT2D eigenvalue weighted by Crippen LogP contribution is -2.18. The molecule has 2 heterocycles. The SMILES string of the molecule is CC(=O)c1cncc(Cc2ccc(Cn3ccccc3=O)cc2)c1. The molecule has 120 valence electrons. The molecule has 0 radical (unpaired) electrons. The first-order valence-corrected chi connectivity index (χ1v) is 7.80. The number of pyridine rings is 2. The zero-order valence-electron chi connectivity index (χ0n) is 13.5. The zero-order chi connectivity index (χ0) is 16.9. The van der Waals surface area contributed by atoms with Gasteiger partial charge in [-0.15, -0.1) is 0 Å². The van der Waals surface area contributed by atoms with Gasteiger partial charge in [0.1, 0.15) is 0 Å². The molecule has 0 aliphatic rings. The number of carbonyl (C=O) groups is 1. The molecule has 0 atom stereocenters. The van der Waals surface area contributed by atoms with Crippen LogP contribution in [0.1, 0.15) is 34.0 Å². The van der Waals surface area contributed by atoms with Crippen molar-refractivity contribution in [1.82, 2.24) is 9.55 Å². The summed E-state index contributed by atoms with van der Waals surface area (Å²) in [5, 5.41) is 0. The average molecular weight is 318 g/mol. The molecule has 0 aliphatic carbocycles. The van der Waals surface area contributed by atoms with Gasteiger partial charge in [-0.1, -0.05) is 30.3 Å². The Balaban J connectivity index is 1.73. The molecular weight excluding hydrogens is 300 g/mol. The summed E-state index contributed by atoms with van der Waals surface area (Å²) in [6.07, 6.45) is 5.88. The van der Waals surface area contributed by atoms with Crippen LogP contribution < -0.4 is 5.56 Å². The van der Waals surface area contributed by atoms with E-state index in [1.807, 2.05) is 36.4 Å². The molecule has 0 unspecified atom stereocenters. The molecule has 4 nitrogen and oxygen atoms in total. The maximum absolute atomic E-state index is 11.7. The van der Waals surface area contributed by atoms with Gasteiger partial charge in [0.2, 0.25) is 0 Å². The van der Waals surface area contributed by atoms with Crippen molar-refractivity contribution >= 4 is 5.78 Å². The van der Waals surface area contributed by atoms with Gasteiger partial charge in [-0.25, -0.2) is 0 Å². The quantitative estimate of drug-likeness (QED) is 0.679. The van der Waals surface area contributed by atoms with Gasteiger partial charge >= 0.3 is 0 Å². The van der Waals surface area contributed by atoms with E-state index in [0.717, 1.165) is 23.1 Å². The van der Waals surface area contributed by atoms with Crippen LogP contribution in [0.5, 0.6) is 0 Å². The topological polar surface area (TPSA) is 52.0 Å². The molecule has 0 fully saturated rings. The van der Waals surface area contributed by atoms with Crippen molar-refractivity contribution in [2.75, 3.05) is 0 Å². The molecule has 4 heteroatoms. The highest BCUT2D eigenvalue weighted by Gasteiger charge is 2.03. The summed E-state index contributed by atoms with van der Waals surface area (Å²) in [7, 11) is 0. The zero-order valence-corrected chi connectivity index (χ0v) is 13.5. The Hall–Kier alpha value is -3.01. The second kappa shape index (κ2) is 7.04. The molecule has 2 aromatic heterocycles. The minimum atomic E-state index is -0.00583. The Morgan fingerprint density at radius 3 is 2.46 bits per heavy atom. The van der Waals surface area contributed by atoms with Crippen LogP contribution in [0.3, 0.4) is 0 Å². The van der Waals surface area contributed by atoms with Gasteiger partial charge in [0.15, 0.2) is 5.78 Å². The third-order valence-electron chi connectivity index (χ3n) is 3.88. The number of Topliss-reactive ketones (excluding diaryl/α,β-unsaturated/α-hetero) is 1. The highest BCUT2D eigenvalue weighted by Crippen LogP contribution is 2.12. The van der Waals surface area contributed by atoms with Gasteiger partial charge in [0.05, 0.1) is 6.54 Å². The summed E-state index contributed by atoms with van der Waals surface area (Å²) < 4.78 is 1.68. The predicted octanol–water partition coefficient (Wildman–Crippen LogP) is 3.09. The van der Waals surface area contributed by atoms with E-state index in [4.69, 9.17) is 0 Å². The van der Waals surface area contributed by atoms with Gasteiger partial charge in [-0.05, 0) is 42.2 Å². The molecule has 0 saturated heterocycles. The van der Waals surface area contributed by atoms with E-state index in [-0.39, 0.29) is 11.3 Å². The van der Waals surface area contributed by atoms with Crippen molar-refractivity contribution in [1.29, 1.82) is 0 Å². The molecular formula is C20H18N2O2. The van der Waals surface area contributed by atoms with E-state index >= 15 is 0 Å². The minimum Gasteiger partial charge on any atom is -0.311 e. The van der Waals surface area contributed by atoms with Crippen molar-refractivity contribution in [3.05, 3.63) is 99.7 Å². The molecule has 0 aliphatic heterocycles. The first-order chi connectivity index (χ1) is 11.6. The number of hydrogen-bond acceptors (Lipinski definition) is 3. The monoisotopic (exact) mass is 318 g/mol. The van der Waals surface area contributed by atoms with E-state index in [2.05, 4.69) is 4.98 Å². The molecule has 3 aromatic rings. The summed E-state index contributed by atoms with van der Waals surface area (Å²) in [5.41, 5.74) is 3.85. The smallest absolute Gasteiger partial charge is 0.250 e. The summed E-state index contributed by atoms with van der Waals surface area (Å²) in [6, 6.07) is 15.2. The van der Waals surface area contributed by atoms with Crippen molar-refractivity contribution < 1.29 is 4.79 Å². The Bertz CT molecular complexity index is 911. The van der Waals surface area contributed by atoms with E-state index < -0.39 is 0 Å². The predicted molar refractivity (Wildman–Crippen MR) is 93.3 cm³/mol. The molecule has 0 bridgehead atoms. The first-order valence-electron chi connectivity index (χ1n) is 7.80. The summed E-state index contributed by atoms with van der Waals surface area (Å²) >= 11 is 0. The van der Waals surface area contributed by atoms with Crippen LogP contribution in [0.2, 0.25) is 0 Å². The number of benzene rings is 1. The summed E-state index contributed by atoms with van der Waals surface area (Å²) in [4.78, 5) is 27.3. The lowest BCUT2D eigenvalue weighted by atomic mass is 10.0. The number of aromatic nitrogens is 2. The van der Waals surface area contributed by atoms with Crippen LogP contribution in [0.25, 0.3) is 0 Å². The Morgan fingerprint density at radius 1 is 1.00 bits per heavy atom. The van der Waals surface area contributed by atoms with Crippen LogP contribution in [-0.4, -0.2) is 15.3 Å². The van der Waals surface area contributed by atoms with Crippen molar-refractivity contribution in [2.45, 2.75) is 19.9 Å². The fourth-order valence-electron chi connectivity index (χ4n) is 2.56. The lowest BCUT2D eigenvalue weighted by Gasteiger charge is -2.07. The Morgan fingerprint density at radius 2 is 1.75 bits per heavy atom. The van der Waals surface area contributed by atoms with E-state index in [0.29, 0.717) is 12.1 Å². The standard InChI is InChI=1S/C20H18N2O2/c1-15(23)19-11-18(12-21-13-19)10-16-5-7-17(8-6-16)14-22-9-3-2-4-20(22)24/h2-9,11-13H,10,14H2,1H3. The van der Waals surface area contributed by atoms with Gasteiger partial charge < -0.3 is 4.57 Å². The second-order valence-electron chi connectivity index (χ2n) is 5.80. The molecule has 0 amide bonds. The van der Waals surface area contributed by atoms with Crippen molar-refractivity contribution in [3.63, 3.8) is 0 Å². The van der Waals surface area contributed by atoms with Crippen molar-refractivity contribution in [3.8, 4) is 0 Å². The largest absolute Gasteiger partial charge is 0.311 e. The van der Waals surface area contributed by atoms with Crippen LogP contribution in [0.4, 0.5) is 0 Å². The highest BCUT2D eigenvalue weighted by atomic mass is 16.1. The number of nitrogens with zero attached hydrogens (tertiary/aromatic N) is 2. The maximum atomic E-state index is 11.7. The summed E-state index contributed by atoms with van der Waals surface area (Å²) in [6.45, 7) is 2.10. The van der Waals surface area contributed by atoms with Gasteiger partial charge in [-0.2, -0.15) is 0 Å². The molecule has 0 saturated carbocycles. The Labute approximate surface area is 140 Å².